The molecule has 212 valence electrons. The van der Waals surface area contributed by atoms with Gasteiger partial charge >= 0.3 is 0 Å². The molecular formula is C27H33N7O4S2. The third-order valence-electron chi connectivity index (χ3n) is 7.10. The maximum atomic E-state index is 13.4. The van der Waals surface area contributed by atoms with Gasteiger partial charge in [0.25, 0.3) is 15.9 Å². The Morgan fingerprint density at radius 2 is 1.88 bits per heavy atom. The van der Waals surface area contributed by atoms with Crippen LogP contribution in [0.25, 0.3) is 21.5 Å². The van der Waals surface area contributed by atoms with Gasteiger partial charge in [0.15, 0.2) is 5.76 Å². The van der Waals surface area contributed by atoms with Crippen molar-refractivity contribution in [3.63, 3.8) is 0 Å². The molecule has 1 fully saturated rings. The molecule has 1 aliphatic heterocycles. The molecule has 1 aliphatic rings. The Labute approximate surface area is 237 Å². The number of fused-ring (bicyclic) bond motifs is 1. The van der Waals surface area contributed by atoms with Crippen LogP contribution in [0, 0.1) is 13.8 Å². The number of nitrogens with one attached hydrogen (secondary N) is 1. The van der Waals surface area contributed by atoms with Gasteiger partial charge < -0.3 is 14.7 Å². The van der Waals surface area contributed by atoms with Gasteiger partial charge in [-0.15, -0.1) is 11.3 Å². The maximum absolute atomic E-state index is 13.4. The van der Waals surface area contributed by atoms with E-state index in [1.807, 2.05) is 26.0 Å². The third-order valence-corrected chi connectivity index (χ3v) is 10.6. The van der Waals surface area contributed by atoms with Crippen LogP contribution in [0.2, 0.25) is 0 Å². The van der Waals surface area contributed by atoms with Crippen LogP contribution in [0.5, 0.6) is 0 Å². The largest absolute Gasteiger partial charge is 0.366 e. The molecule has 5 rings (SSSR count). The number of aromatic nitrogens is 3. The number of piperazine rings is 1. The minimum absolute atomic E-state index is 0.0305. The van der Waals surface area contributed by atoms with Gasteiger partial charge in [-0.05, 0) is 45.0 Å². The van der Waals surface area contributed by atoms with E-state index in [0.29, 0.717) is 59.6 Å². The first-order valence-electron chi connectivity index (χ1n) is 13.0. The smallest absolute Gasteiger partial charge is 0.255 e. The Hall–Kier alpha value is -3.39. The van der Waals surface area contributed by atoms with Gasteiger partial charge in [-0.1, -0.05) is 11.2 Å². The molecule has 1 atom stereocenters. The number of thiophene rings is 1. The first kappa shape index (κ1) is 28.1. The van der Waals surface area contributed by atoms with Crippen molar-refractivity contribution in [2.24, 2.45) is 0 Å². The fourth-order valence-corrected chi connectivity index (χ4v) is 7.71. The second kappa shape index (κ2) is 11.2. The molecule has 1 saturated heterocycles. The molecule has 1 N–H and O–H groups in total. The Bertz CT molecular complexity index is 1640. The predicted octanol–water partition coefficient (Wildman–Crippen LogP) is 3.47. The Kier molecular flexibility index (Phi) is 7.91. The number of amides is 1. The molecule has 0 unspecified atom stereocenters. The number of benzene rings is 1. The number of nitrogens with zero attached hydrogens (tertiary/aromatic N) is 6. The van der Waals surface area contributed by atoms with Crippen molar-refractivity contribution >= 4 is 44.0 Å². The SMILES string of the molecule is Cc1noc(-c2ccc(S(=O)(=O)N3CCN(C[C@H](C)Nc4ncnc5c(C(=O)N(C)C)cccc45)CC3)s2)c1C. The highest BCUT2D eigenvalue weighted by Gasteiger charge is 2.31. The van der Waals surface area contributed by atoms with Crippen LogP contribution in [0.4, 0.5) is 5.82 Å². The average molecular weight is 584 g/mol. The molecule has 11 nitrogen and oxygen atoms in total. The zero-order valence-electron chi connectivity index (χ0n) is 23.2. The molecule has 0 spiro atoms. The lowest BCUT2D eigenvalue weighted by atomic mass is 10.1. The summed E-state index contributed by atoms with van der Waals surface area (Å²) < 4.78 is 34.0. The highest BCUT2D eigenvalue weighted by molar-refractivity contribution is 7.91. The number of rotatable bonds is 8. The van der Waals surface area contributed by atoms with E-state index >= 15 is 0 Å². The molecule has 1 aromatic carbocycles. The fourth-order valence-electron chi connectivity index (χ4n) is 4.79. The van der Waals surface area contributed by atoms with Crippen molar-refractivity contribution in [2.45, 2.75) is 31.0 Å². The molecule has 40 heavy (non-hydrogen) atoms. The minimum Gasteiger partial charge on any atom is -0.366 e. The molecule has 4 aromatic rings. The summed E-state index contributed by atoms with van der Waals surface area (Å²) in [6.07, 6.45) is 1.47. The number of hydrogen-bond acceptors (Lipinski definition) is 10. The molecule has 13 heteroatoms. The average Bonchev–Trinajstić information content (AvgIpc) is 3.55. The van der Waals surface area contributed by atoms with Gasteiger partial charge in [0.2, 0.25) is 0 Å². The highest BCUT2D eigenvalue weighted by Crippen LogP contribution is 2.35. The number of hydrogen-bond donors (Lipinski definition) is 1. The van der Waals surface area contributed by atoms with Crippen LogP contribution < -0.4 is 5.32 Å². The molecule has 0 aliphatic carbocycles. The van der Waals surface area contributed by atoms with E-state index in [1.54, 1.807) is 36.6 Å². The van der Waals surface area contributed by atoms with Gasteiger partial charge in [-0.25, -0.2) is 18.4 Å². The molecular weight excluding hydrogens is 550 g/mol. The van der Waals surface area contributed by atoms with Gasteiger partial charge in [0.05, 0.1) is 21.7 Å². The van der Waals surface area contributed by atoms with Crippen molar-refractivity contribution < 1.29 is 17.7 Å². The Balaban J connectivity index is 1.21. The number of aryl methyl sites for hydroxylation is 1. The lowest BCUT2D eigenvalue weighted by Crippen LogP contribution is -2.50. The van der Waals surface area contributed by atoms with Crippen LogP contribution in [0.1, 0.15) is 28.5 Å². The molecule has 1 amide bonds. The standard InChI is InChI=1S/C27H33N7O4S2/c1-17(30-26-20-7-6-8-21(27(35)32(4)5)24(20)28-16-29-26)15-33-11-13-34(14-12-33)40(36,37)23-10-9-22(39-23)25-18(2)19(3)31-38-25/h6-10,16-17H,11-15H2,1-5H3,(H,28,29,30)/t17-/m0/s1. The van der Waals surface area contributed by atoms with Gasteiger partial charge in [0, 0.05) is 63.8 Å². The van der Waals surface area contributed by atoms with E-state index in [-0.39, 0.29) is 11.9 Å². The summed E-state index contributed by atoms with van der Waals surface area (Å²) in [5, 5.41) is 8.22. The van der Waals surface area contributed by atoms with Crippen LogP contribution in [0.15, 0.2) is 45.4 Å². The summed E-state index contributed by atoms with van der Waals surface area (Å²) in [6.45, 7) is 8.62. The Morgan fingerprint density at radius 3 is 2.55 bits per heavy atom. The molecule has 0 saturated carbocycles. The van der Waals surface area contributed by atoms with Gasteiger partial charge in [-0.3, -0.25) is 9.69 Å². The summed E-state index contributed by atoms with van der Waals surface area (Å²) >= 11 is 1.21. The summed E-state index contributed by atoms with van der Waals surface area (Å²) in [4.78, 5) is 25.9. The van der Waals surface area contributed by atoms with Crippen molar-refractivity contribution in [3.8, 4) is 10.6 Å². The number of para-hydroxylation sites is 1. The fraction of sp³-hybridized carbons (Fsp3) is 0.407. The number of carbonyl (C=O) groups excluding carboxylic acids is 1. The van der Waals surface area contributed by atoms with Crippen molar-refractivity contribution in [1.29, 1.82) is 0 Å². The maximum Gasteiger partial charge on any atom is 0.255 e. The summed E-state index contributed by atoms with van der Waals surface area (Å²) in [5.74, 6) is 1.17. The summed E-state index contributed by atoms with van der Waals surface area (Å²) in [7, 11) is -0.168. The summed E-state index contributed by atoms with van der Waals surface area (Å²) in [5.41, 5.74) is 2.85. The van der Waals surface area contributed by atoms with Crippen molar-refractivity contribution in [3.05, 3.63) is 53.5 Å². The van der Waals surface area contributed by atoms with Crippen molar-refractivity contribution in [1.82, 2.24) is 29.2 Å². The van der Waals surface area contributed by atoms with E-state index in [9.17, 15) is 13.2 Å². The van der Waals surface area contributed by atoms with Crippen LogP contribution in [-0.2, 0) is 10.0 Å². The zero-order chi connectivity index (χ0) is 28.6. The van der Waals surface area contributed by atoms with Crippen LogP contribution >= 0.6 is 11.3 Å². The molecule has 4 heterocycles. The Morgan fingerprint density at radius 1 is 1.12 bits per heavy atom. The monoisotopic (exact) mass is 583 g/mol. The summed E-state index contributed by atoms with van der Waals surface area (Å²) in [6, 6.07) is 8.97. The van der Waals surface area contributed by atoms with Gasteiger partial charge in [0.1, 0.15) is 16.4 Å². The van der Waals surface area contributed by atoms with E-state index in [0.717, 1.165) is 21.5 Å². The third kappa shape index (κ3) is 5.46. The van der Waals surface area contributed by atoms with E-state index in [4.69, 9.17) is 4.52 Å². The number of sulfonamides is 1. The van der Waals surface area contributed by atoms with E-state index in [2.05, 4.69) is 32.3 Å². The van der Waals surface area contributed by atoms with Gasteiger partial charge in [-0.2, -0.15) is 4.31 Å². The van der Waals surface area contributed by atoms with E-state index in [1.165, 1.54) is 22.6 Å². The predicted molar refractivity (Wildman–Crippen MR) is 155 cm³/mol. The highest BCUT2D eigenvalue weighted by atomic mass is 32.2. The second-order valence-electron chi connectivity index (χ2n) is 10.2. The van der Waals surface area contributed by atoms with Crippen molar-refractivity contribution in [2.75, 3.05) is 52.1 Å². The second-order valence-corrected chi connectivity index (χ2v) is 13.5. The topological polar surface area (TPSA) is 125 Å². The molecule has 0 bridgehead atoms. The first-order valence-corrected chi connectivity index (χ1v) is 15.3. The first-order chi connectivity index (χ1) is 19.1. The molecule has 0 radical (unpaired) electrons. The lowest BCUT2D eigenvalue weighted by molar-refractivity contribution is 0.0829. The lowest BCUT2D eigenvalue weighted by Gasteiger charge is -2.35. The molecule has 3 aromatic heterocycles. The normalized spacial score (nSPS) is 15.8. The zero-order valence-corrected chi connectivity index (χ0v) is 24.8. The van der Waals surface area contributed by atoms with E-state index < -0.39 is 10.0 Å². The van der Waals surface area contributed by atoms with Crippen LogP contribution in [0.3, 0.4) is 0 Å². The number of carbonyl (C=O) groups is 1. The minimum atomic E-state index is -3.60. The van der Waals surface area contributed by atoms with Crippen LogP contribution in [-0.4, -0.2) is 96.4 Å². The number of anilines is 1. The quantitative estimate of drug-likeness (QED) is 0.332.